The zero-order valence-corrected chi connectivity index (χ0v) is 24.1. The number of anilines is 1. The summed E-state index contributed by atoms with van der Waals surface area (Å²) in [6, 6.07) is 13.4. The van der Waals surface area contributed by atoms with Crippen LogP contribution < -0.4 is 14.8 Å². The van der Waals surface area contributed by atoms with Crippen LogP contribution in [0.25, 0.3) is 0 Å². The standard InChI is InChI=1S/C29H38N4O4S/c1-19(2)22-9-11-23(12-10-22)30-29(35)33(20(3)4)17-27-31-24(18-38-27)28(34)32(5)15-14-21-8-13-25(36-6)26(16-21)37-7/h8-13,16,18-20H,14-15,17H2,1-7H3,(H,30,35). The van der Waals surface area contributed by atoms with Crippen molar-refractivity contribution in [2.45, 2.75) is 52.6 Å². The first-order chi connectivity index (χ1) is 18.1. The van der Waals surface area contributed by atoms with Gasteiger partial charge in [-0.2, -0.15) is 0 Å². The number of ether oxygens (including phenoxy) is 2. The zero-order chi connectivity index (χ0) is 27.8. The minimum atomic E-state index is -0.201. The molecule has 0 aliphatic carbocycles. The summed E-state index contributed by atoms with van der Waals surface area (Å²) in [4.78, 5) is 34.0. The van der Waals surface area contributed by atoms with E-state index in [0.717, 1.165) is 11.3 Å². The summed E-state index contributed by atoms with van der Waals surface area (Å²) in [5, 5.41) is 5.44. The summed E-state index contributed by atoms with van der Waals surface area (Å²) < 4.78 is 10.7. The van der Waals surface area contributed by atoms with E-state index in [1.165, 1.54) is 16.9 Å². The predicted octanol–water partition coefficient (Wildman–Crippen LogP) is 6.04. The molecule has 0 radical (unpaired) electrons. The first kappa shape index (κ1) is 29.0. The number of thiazole rings is 1. The highest BCUT2D eigenvalue weighted by Crippen LogP contribution is 2.28. The number of carbonyl (C=O) groups excluding carboxylic acids is 2. The Bertz CT molecular complexity index is 1220. The summed E-state index contributed by atoms with van der Waals surface area (Å²) in [6.07, 6.45) is 0.666. The molecule has 1 N–H and O–H groups in total. The van der Waals surface area contributed by atoms with Gasteiger partial charge in [-0.15, -0.1) is 11.3 Å². The van der Waals surface area contributed by atoms with E-state index in [4.69, 9.17) is 9.47 Å². The summed E-state index contributed by atoms with van der Waals surface area (Å²) >= 11 is 1.38. The molecule has 38 heavy (non-hydrogen) atoms. The molecule has 0 saturated heterocycles. The number of nitrogens with one attached hydrogen (secondary N) is 1. The van der Waals surface area contributed by atoms with Gasteiger partial charge in [-0.1, -0.05) is 32.0 Å². The minimum absolute atomic E-state index is 0.0443. The quantitative estimate of drug-likeness (QED) is 0.322. The van der Waals surface area contributed by atoms with Crippen molar-refractivity contribution in [2.24, 2.45) is 0 Å². The molecular formula is C29H38N4O4S. The maximum Gasteiger partial charge on any atom is 0.322 e. The lowest BCUT2D eigenvalue weighted by Crippen LogP contribution is -2.39. The van der Waals surface area contributed by atoms with E-state index < -0.39 is 0 Å². The fourth-order valence-electron chi connectivity index (χ4n) is 3.89. The van der Waals surface area contributed by atoms with Crippen molar-refractivity contribution in [3.05, 3.63) is 69.7 Å². The van der Waals surface area contributed by atoms with Gasteiger partial charge in [0.1, 0.15) is 10.7 Å². The third-order valence-corrected chi connectivity index (χ3v) is 7.15. The smallest absolute Gasteiger partial charge is 0.322 e. The number of aromatic nitrogens is 1. The van der Waals surface area contributed by atoms with Crippen LogP contribution in [0.5, 0.6) is 11.5 Å². The molecule has 1 heterocycles. The summed E-state index contributed by atoms with van der Waals surface area (Å²) in [7, 11) is 4.97. The highest BCUT2D eigenvalue weighted by atomic mass is 32.1. The molecule has 0 spiro atoms. The third kappa shape index (κ3) is 7.47. The number of hydrogen-bond acceptors (Lipinski definition) is 6. The number of methoxy groups -OCH3 is 2. The molecule has 0 saturated carbocycles. The van der Waals surface area contributed by atoms with Crippen molar-refractivity contribution in [2.75, 3.05) is 33.1 Å². The molecule has 3 amide bonds. The Labute approximate surface area is 229 Å². The van der Waals surface area contributed by atoms with Gasteiger partial charge in [-0.05, 0) is 61.6 Å². The Kier molecular flexibility index (Phi) is 10.1. The van der Waals surface area contributed by atoms with Crippen LogP contribution in [0.15, 0.2) is 47.8 Å². The van der Waals surface area contributed by atoms with Gasteiger partial charge in [0.2, 0.25) is 0 Å². The molecule has 1 aromatic heterocycles. The highest BCUT2D eigenvalue weighted by Gasteiger charge is 2.21. The number of hydrogen-bond donors (Lipinski definition) is 1. The summed E-state index contributed by atoms with van der Waals surface area (Å²) in [6.45, 7) is 9.04. The molecule has 204 valence electrons. The Morgan fingerprint density at radius 2 is 1.68 bits per heavy atom. The van der Waals surface area contributed by atoms with Crippen LogP contribution in [0.1, 0.15) is 60.2 Å². The molecule has 2 aromatic carbocycles. The summed E-state index contributed by atoms with van der Waals surface area (Å²) in [5.41, 5.74) is 3.39. The molecular weight excluding hydrogens is 500 g/mol. The second-order valence-electron chi connectivity index (χ2n) is 9.72. The SMILES string of the molecule is COc1ccc(CCN(C)C(=O)c2csc(CN(C(=O)Nc3ccc(C(C)C)cc3)C(C)C)n2)cc1OC. The van der Waals surface area contributed by atoms with Crippen molar-refractivity contribution < 1.29 is 19.1 Å². The number of nitrogens with zero attached hydrogens (tertiary/aromatic N) is 3. The van der Waals surface area contributed by atoms with Crippen LogP contribution >= 0.6 is 11.3 Å². The number of carbonyl (C=O) groups is 2. The lowest BCUT2D eigenvalue weighted by Gasteiger charge is -2.26. The Balaban J connectivity index is 1.60. The zero-order valence-electron chi connectivity index (χ0n) is 23.3. The lowest BCUT2D eigenvalue weighted by atomic mass is 10.0. The molecule has 8 nitrogen and oxygen atoms in total. The van der Waals surface area contributed by atoms with Gasteiger partial charge in [0.25, 0.3) is 5.91 Å². The molecule has 3 aromatic rings. The maximum atomic E-state index is 13.0. The van der Waals surface area contributed by atoms with Crippen molar-refractivity contribution in [1.82, 2.24) is 14.8 Å². The molecule has 3 rings (SSSR count). The molecule has 0 fully saturated rings. The first-order valence-electron chi connectivity index (χ1n) is 12.7. The summed E-state index contributed by atoms with van der Waals surface area (Å²) in [5.74, 6) is 1.61. The first-order valence-corrected chi connectivity index (χ1v) is 13.6. The average molecular weight is 539 g/mol. The number of benzene rings is 2. The second-order valence-corrected chi connectivity index (χ2v) is 10.7. The topological polar surface area (TPSA) is 84.0 Å². The molecule has 0 bridgehead atoms. The molecule has 0 unspecified atom stereocenters. The third-order valence-electron chi connectivity index (χ3n) is 6.32. The van der Waals surface area contributed by atoms with E-state index in [0.29, 0.717) is 47.6 Å². The van der Waals surface area contributed by atoms with E-state index in [-0.39, 0.29) is 18.0 Å². The number of urea groups is 1. The van der Waals surface area contributed by atoms with Crippen molar-refractivity contribution >= 4 is 29.0 Å². The number of rotatable bonds is 11. The van der Waals surface area contributed by atoms with E-state index in [1.807, 2.05) is 56.3 Å². The molecule has 0 atom stereocenters. The maximum absolute atomic E-state index is 13.0. The Morgan fingerprint density at radius 1 is 1.00 bits per heavy atom. The van der Waals surface area contributed by atoms with E-state index in [9.17, 15) is 9.59 Å². The van der Waals surface area contributed by atoms with Crippen LogP contribution in [0.4, 0.5) is 10.5 Å². The Morgan fingerprint density at radius 3 is 2.29 bits per heavy atom. The Hall–Kier alpha value is -3.59. The predicted molar refractivity (Wildman–Crippen MR) is 153 cm³/mol. The van der Waals surface area contributed by atoms with Crippen LogP contribution in [-0.2, 0) is 13.0 Å². The van der Waals surface area contributed by atoms with Gasteiger partial charge in [0.05, 0.1) is 20.8 Å². The van der Waals surface area contributed by atoms with Crippen molar-refractivity contribution in [1.29, 1.82) is 0 Å². The van der Waals surface area contributed by atoms with Crippen molar-refractivity contribution in [3.63, 3.8) is 0 Å². The van der Waals surface area contributed by atoms with Gasteiger partial charge in [0.15, 0.2) is 11.5 Å². The van der Waals surface area contributed by atoms with Gasteiger partial charge < -0.3 is 24.6 Å². The monoisotopic (exact) mass is 538 g/mol. The van der Waals surface area contributed by atoms with Crippen LogP contribution in [0, 0.1) is 0 Å². The van der Waals surface area contributed by atoms with Crippen LogP contribution in [0.3, 0.4) is 0 Å². The lowest BCUT2D eigenvalue weighted by molar-refractivity contribution is 0.0791. The molecule has 0 aliphatic rings. The second kappa shape index (κ2) is 13.3. The van der Waals surface area contributed by atoms with E-state index in [1.54, 1.807) is 36.4 Å². The number of likely N-dealkylation sites (N-methyl/N-ethyl adjacent to an activating group) is 1. The fourth-order valence-corrected chi connectivity index (χ4v) is 4.66. The normalized spacial score (nSPS) is 11.0. The largest absolute Gasteiger partial charge is 0.493 e. The number of amides is 3. The van der Waals surface area contributed by atoms with Crippen LogP contribution in [0.2, 0.25) is 0 Å². The highest BCUT2D eigenvalue weighted by molar-refractivity contribution is 7.09. The van der Waals surface area contributed by atoms with Crippen LogP contribution in [-0.4, -0.2) is 60.6 Å². The average Bonchev–Trinajstić information content (AvgIpc) is 3.38. The molecule has 9 heteroatoms. The van der Waals surface area contributed by atoms with Crippen molar-refractivity contribution in [3.8, 4) is 11.5 Å². The van der Waals surface area contributed by atoms with E-state index >= 15 is 0 Å². The van der Waals surface area contributed by atoms with Gasteiger partial charge in [0, 0.05) is 30.7 Å². The van der Waals surface area contributed by atoms with E-state index in [2.05, 4.69) is 24.1 Å². The minimum Gasteiger partial charge on any atom is -0.493 e. The molecule has 0 aliphatic heterocycles. The van der Waals surface area contributed by atoms with Gasteiger partial charge in [-0.25, -0.2) is 9.78 Å². The fraction of sp³-hybridized carbons (Fsp3) is 0.414. The van der Waals surface area contributed by atoms with Gasteiger partial charge in [-0.3, -0.25) is 4.79 Å². The van der Waals surface area contributed by atoms with Gasteiger partial charge >= 0.3 is 6.03 Å².